The zero-order valence-corrected chi connectivity index (χ0v) is 6.89. The summed E-state index contributed by atoms with van der Waals surface area (Å²) in [7, 11) is 1.86. The summed E-state index contributed by atoms with van der Waals surface area (Å²) in [6, 6.07) is 3.96. The topological polar surface area (TPSA) is 50.9 Å². The Morgan fingerprint density at radius 1 is 1.55 bits per heavy atom. The Labute approximate surface area is 66.6 Å². The van der Waals surface area contributed by atoms with Gasteiger partial charge in [0.15, 0.2) is 0 Å². The number of nitrogens with zero attached hydrogens (tertiary/aromatic N) is 1. The van der Waals surface area contributed by atoms with E-state index >= 15 is 0 Å². The fourth-order valence-electron chi connectivity index (χ4n) is 0.936. The molecule has 0 aliphatic rings. The lowest BCUT2D eigenvalue weighted by Crippen LogP contribution is -2.03. The summed E-state index contributed by atoms with van der Waals surface area (Å²) < 4.78 is 0. The van der Waals surface area contributed by atoms with Gasteiger partial charge in [-0.25, -0.2) is 4.98 Å². The minimum Gasteiger partial charge on any atom is -0.373 e. The van der Waals surface area contributed by atoms with Crippen molar-refractivity contribution >= 4 is 5.82 Å². The molecule has 1 aromatic rings. The molecule has 1 heterocycles. The zero-order chi connectivity index (χ0) is 8.27. The molecule has 3 N–H and O–H groups in total. The molecule has 0 unspecified atom stereocenters. The number of rotatable bonds is 2. The van der Waals surface area contributed by atoms with Gasteiger partial charge in [-0.1, -0.05) is 6.07 Å². The summed E-state index contributed by atoms with van der Waals surface area (Å²) in [4.78, 5) is 4.27. The van der Waals surface area contributed by atoms with Crippen molar-refractivity contribution in [3.63, 3.8) is 0 Å². The van der Waals surface area contributed by atoms with Crippen LogP contribution in [0.15, 0.2) is 12.1 Å². The van der Waals surface area contributed by atoms with Gasteiger partial charge < -0.3 is 11.1 Å². The molecule has 1 rings (SSSR count). The number of pyridine rings is 1. The van der Waals surface area contributed by atoms with Crippen LogP contribution in [0.3, 0.4) is 0 Å². The lowest BCUT2D eigenvalue weighted by molar-refractivity contribution is 0.985. The molecule has 1 aromatic heterocycles. The van der Waals surface area contributed by atoms with Crippen LogP contribution in [0.25, 0.3) is 0 Å². The first-order valence-electron chi connectivity index (χ1n) is 3.62. The zero-order valence-electron chi connectivity index (χ0n) is 6.89. The summed E-state index contributed by atoms with van der Waals surface area (Å²) in [5.41, 5.74) is 7.49. The Bertz CT molecular complexity index is 245. The summed E-state index contributed by atoms with van der Waals surface area (Å²) in [5, 5.41) is 3.00. The second-order valence-electron chi connectivity index (χ2n) is 2.42. The van der Waals surface area contributed by atoms with Gasteiger partial charge in [-0.2, -0.15) is 0 Å². The highest BCUT2D eigenvalue weighted by molar-refractivity contribution is 5.43. The predicted molar refractivity (Wildman–Crippen MR) is 46.4 cm³/mol. The molecule has 11 heavy (non-hydrogen) atoms. The van der Waals surface area contributed by atoms with Crippen LogP contribution in [-0.4, -0.2) is 12.0 Å². The number of hydrogen-bond donors (Lipinski definition) is 2. The Morgan fingerprint density at radius 2 is 2.27 bits per heavy atom. The first-order valence-corrected chi connectivity index (χ1v) is 3.62. The van der Waals surface area contributed by atoms with Gasteiger partial charge in [-0.05, 0) is 18.6 Å². The van der Waals surface area contributed by atoms with E-state index in [1.807, 2.05) is 26.1 Å². The van der Waals surface area contributed by atoms with Crippen LogP contribution in [-0.2, 0) is 6.54 Å². The van der Waals surface area contributed by atoms with E-state index in [9.17, 15) is 0 Å². The standard InChI is InChI=1S/C8H13N3/c1-6-3-4-7(5-9)11-8(6)10-2/h3-4H,5,9H2,1-2H3,(H,10,11). The quantitative estimate of drug-likeness (QED) is 0.660. The maximum Gasteiger partial charge on any atom is 0.128 e. The number of nitrogens with two attached hydrogens (primary N) is 1. The minimum atomic E-state index is 0.495. The summed E-state index contributed by atoms with van der Waals surface area (Å²) in [5.74, 6) is 0.910. The maximum absolute atomic E-state index is 5.43. The number of anilines is 1. The molecular formula is C8H13N3. The number of aryl methyl sites for hydroxylation is 1. The molecule has 0 spiro atoms. The minimum absolute atomic E-state index is 0.495. The molecule has 3 nitrogen and oxygen atoms in total. The van der Waals surface area contributed by atoms with Crippen LogP contribution in [0.2, 0.25) is 0 Å². The van der Waals surface area contributed by atoms with E-state index in [2.05, 4.69) is 10.3 Å². The van der Waals surface area contributed by atoms with Gasteiger partial charge >= 0.3 is 0 Å². The number of nitrogens with one attached hydrogen (secondary N) is 1. The van der Waals surface area contributed by atoms with E-state index < -0.39 is 0 Å². The highest BCUT2D eigenvalue weighted by atomic mass is 15.0. The highest BCUT2D eigenvalue weighted by Crippen LogP contribution is 2.10. The molecule has 0 fully saturated rings. The molecule has 0 saturated heterocycles. The molecule has 0 aliphatic heterocycles. The largest absolute Gasteiger partial charge is 0.373 e. The SMILES string of the molecule is CNc1nc(CN)ccc1C. The number of aromatic nitrogens is 1. The van der Waals surface area contributed by atoms with Crippen molar-refractivity contribution in [1.29, 1.82) is 0 Å². The van der Waals surface area contributed by atoms with Crippen molar-refractivity contribution in [2.45, 2.75) is 13.5 Å². The third kappa shape index (κ3) is 1.68. The van der Waals surface area contributed by atoms with Gasteiger partial charge in [0.1, 0.15) is 5.82 Å². The second kappa shape index (κ2) is 3.34. The van der Waals surface area contributed by atoms with E-state index in [4.69, 9.17) is 5.73 Å². The Kier molecular flexibility index (Phi) is 2.44. The lowest BCUT2D eigenvalue weighted by Gasteiger charge is -2.04. The summed E-state index contributed by atoms with van der Waals surface area (Å²) in [6.45, 7) is 2.51. The van der Waals surface area contributed by atoms with Crippen LogP contribution in [0.1, 0.15) is 11.3 Å². The van der Waals surface area contributed by atoms with Crippen molar-refractivity contribution in [3.8, 4) is 0 Å². The van der Waals surface area contributed by atoms with Gasteiger partial charge in [0.05, 0.1) is 5.69 Å². The average Bonchev–Trinajstić information content (AvgIpc) is 2.05. The van der Waals surface area contributed by atoms with Crippen LogP contribution < -0.4 is 11.1 Å². The van der Waals surface area contributed by atoms with E-state index in [-0.39, 0.29) is 0 Å². The Morgan fingerprint density at radius 3 is 2.82 bits per heavy atom. The molecule has 0 aromatic carbocycles. The van der Waals surface area contributed by atoms with Crippen LogP contribution >= 0.6 is 0 Å². The fourth-order valence-corrected chi connectivity index (χ4v) is 0.936. The smallest absolute Gasteiger partial charge is 0.128 e. The third-order valence-corrected chi connectivity index (χ3v) is 1.60. The summed E-state index contributed by atoms with van der Waals surface area (Å²) >= 11 is 0. The molecule has 0 saturated carbocycles. The fraction of sp³-hybridized carbons (Fsp3) is 0.375. The van der Waals surface area contributed by atoms with Crippen molar-refractivity contribution < 1.29 is 0 Å². The van der Waals surface area contributed by atoms with Crippen LogP contribution in [0, 0.1) is 6.92 Å². The second-order valence-corrected chi connectivity index (χ2v) is 2.42. The third-order valence-electron chi connectivity index (χ3n) is 1.60. The lowest BCUT2D eigenvalue weighted by atomic mass is 10.2. The molecule has 3 heteroatoms. The highest BCUT2D eigenvalue weighted by Gasteiger charge is 1.97. The monoisotopic (exact) mass is 151 g/mol. The maximum atomic E-state index is 5.43. The molecule has 0 amide bonds. The first kappa shape index (κ1) is 8.01. The Hall–Kier alpha value is -1.09. The van der Waals surface area contributed by atoms with Crippen molar-refractivity contribution in [2.24, 2.45) is 5.73 Å². The summed E-state index contributed by atoms with van der Waals surface area (Å²) in [6.07, 6.45) is 0. The normalized spacial score (nSPS) is 9.73. The Balaban J connectivity index is 3.02. The molecule has 0 aliphatic carbocycles. The average molecular weight is 151 g/mol. The van der Waals surface area contributed by atoms with Crippen molar-refractivity contribution in [2.75, 3.05) is 12.4 Å². The van der Waals surface area contributed by atoms with Gasteiger partial charge in [0, 0.05) is 13.6 Å². The van der Waals surface area contributed by atoms with Gasteiger partial charge in [-0.3, -0.25) is 0 Å². The predicted octanol–water partition coefficient (Wildman–Crippen LogP) is 0.890. The van der Waals surface area contributed by atoms with Crippen LogP contribution in [0.5, 0.6) is 0 Å². The van der Waals surface area contributed by atoms with E-state index in [0.29, 0.717) is 6.54 Å². The molecule has 0 bridgehead atoms. The van der Waals surface area contributed by atoms with Gasteiger partial charge in [0.2, 0.25) is 0 Å². The first-order chi connectivity index (χ1) is 5.27. The molecule has 0 atom stereocenters. The van der Waals surface area contributed by atoms with Gasteiger partial charge in [-0.15, -0.1) is 0 Å². The van der Waals surface area contributed by atoms with Crippen molar-refractivity contribution in [1.82, 2.24) is 4.98 Å². The molecule has 60 valence electrons. The van der Waals surface area contributed by atoms with Crippen molar-refractivity contribution in [3.05, 3.63) is 23.4 Å². The van der Waals surface area contributed by atoms with Gasteiger partial charge in [0.25, 0.3) is 0 Å². The number of hydrogen-bond acceptors (Lipinski definition) is 3. The van der Waals surface area contributed by atoms with Crippen LogP contribution in [0.4, 0.5) is 5.82 Å². The van der Waals surface area contributed by atoms with E-state index in [1.54, 1.807) is 0 Å². The van der Waals surface area contributed by atoms with E-state index in [1.165, 1.54) is 0 Å². The van der Waals surface area contributed by atoms with E-state index in [0.717, 1.165) is 17.1 Å². The molecular weight excluding hydrogens is 138 g/mol. The molecule has 0 radical (unpaired) electrons.